The molecule has 0 unspecified atom stereocenters. The molecule has 4 heteroatoms. The summed E-state index contributed by atoms with van der Waals surface area (Å²) in [5.41, 5.74) is 0. The predicted octanol–water partition coefficient (Wildman–Crippen LogP) is 0.464. The van der Waals surface area contributed by atoms with Crippen LogP contribution in [-0.4, -0.2) is 16.2 Å². The summed E-state index contributed by atoms with van der Waals surface area (Å²) in [5, 5.41) is 16.1. The summed E-state index contributed by atoms with van der Waals surface area (Å²) >= 11 is 0. The number of ether oxygens (including phenoxy) is 1. The van der Waals surface area contributed by atoms with E-state index in [0.717, 1.165) is 6.92 Å². The molecule has 4 nitrogen and oxygen atoms in total. The molecule has 0 aliphatic heterocycles. The van der Waals surface area contributed by atoms with E-state index in [9.17, 15) is 4.79 Å². The SMILES string of the molecule is CC(=O)OC(O)=CO. The van der Waals surface area contributed by atoms with Crippen LogP contribution in [-0.2, 0) is 9.53 Å². The number of aliphatic hydroxyl groups is 2. The lowest BCUT2D eigenvalue weighted by molar-refractivity contribution is -0.141. The minimum Gasteiger partial charge on any atom is -0.508 e. The van der Waals surface area contributed by atoms with Gasteiger partial charge in [-0.05, 0) is 0 Å². The molecule has 0 saturated heterocycles. The minimum atomic E-state index is -0.794. The lowest BCUT2D eigenvalue weighted by Gasteiger charge is -1.93. The Labute approximate surface area is 46.0 Å². The number of carbonyl (C=O) groups excluding carboxylic acids is 1. The number of hydrogen-bond donors (Lipinski definition) is 2. The molecular formula is C4H6O4. The molecule has 0 atom stereocenters. The largest absolute Gasteiger partial charge is 0.508 e. The van der Waals surface area contributed by atoms with E-state index in [1.807, 2.05) is 0 Å². The molecule has 46 valence electrons. The maximum Gasteiger partial charge on any atom is 0.320 e. The van der Waals surface area contributed by atoms with Crippen LogP contribution in [0, 0.1) is 0 Å². The summed E-state index contributed by atoms with van der Waals surface area (Å²) in [6, 6.07) is 0. The molecule has 0 aromatic heterocycles. The van der Waals surface area contributed by atoms with E-state index in [1.165, 1.54) is 0 Å². The van der Waals surface area contributed by atoms with Gasteiger partial charge in [0.15, 0.2) is 6.26 Å². The van der Waals surface area contributed by atoms with E-state index in [1.54, 1.807) is 0 Å². The minimum absolute atomic E-state index is 0.293. The summed E-state index contributed by atoms with van der Waals surface area (Å²) in [7, 11) is 0. The van der Waals surface area contributed by atoms with Crippen LogP contribution >= 0.6 is 0 Å². The highest BCUT2D eigenvalue weighted by Gasteiger charge is 1.94. The van der Waals surface area contributed by atoms with Crippen LogP contribution in [0.4, 0.5) is 0 Å². The van der Waals surface area contributed by atoms with E-state index in [2.05, 4.69) is 4.74 Å². The molecule has 0 aliphatic carbocycles. The smallest absolute Gasteiger partial charge is 0.320 e. The van der Waals surface area contributed by atoms with Crippen molar-refractivity contribution in [3.05, 3.63) is 12.2 Å². The Kier molecular flexibility index (Phi) is 2.47. The van der Waals surface area contributed by atoms with Crippen LogP contribution in [0.25, 0.3) is 0 Å². The molecule has 0 aromatic carbocycles. The van der Waals surface area contributed by atoms with E-state index >= 15 is 0 Å². The van der Waals surface area contributed by atoms with Gasteiger partial charge in [0.25, 0.3) is 0 Å². The van der Waals surface area contributed by atoms with E-state index in [0.29, 0.717) is 6.26 Å². The van der Waals surface area contributed by atoms with Gasteiger partial charge in [0.1, 0.15) is 0 Å². The average Bonchev–Trinajstić information content (AvgIpc) is 1.65. The van der Waals surface area contributed by atoms with Crippen LogP contribution in [0.5, 0.6) is 0 Å². The predicted molar refractivity (Wildman–Crippen MR) is 25.1 cm³/mol. The van der Waals surface area contributed by atoms with Crippen LogP contribution in [0.1, 0.15) is 6.92 Å². The third-order valence-electron chi connectivity index (χ3n) is 0.359. The molecule has 0 amide bonds. The summed E-state index contributed by atoms with van der Waals surface area (Å²) in [4.78, 5) is 9.88. The highest BCUT2D eigenvalue weighted by Crippen LogP contribution is 1.87. The number of carbonyl (C=O) groups is 1. The monoisotopic (exact) mass is 118 g/mol. The lowest BCUT2D eigenvalue weighted by Crippen LogP contribution is -1.97. The molecular weight excluding hydrogens is 112 g/mol. The lowest BCUT2D eigenvalue weighted by atomic mass is 10.8. The van der Waals surface area contributed by atoms with Crippen molar-refractivity contribution in [1.29, 1.82) is 0 Å². The van der Waals surface area contributed by atoms with E-state index in [4.69, 9.17) is 10.2 Å². The van der Waals surface area contributed by atoms with Crippen LogP contribution in [0.15, 0.2) is 12.2 Å². The Morgan fingerprint density at radius 2 is 2.25 bits per heavy atom. The van der Waals surface area contributed by atoms with Gasteiger partial charge in [-0.25, -0.2) is 0 Å². The molecule has 0 heterocycles. The molecule has 0 saturated carbocycles. The van der Waals surface area contributed by atoms with Crippen LogP contribution in [0.3, 0.4) is 0 Å². The van der Waals surface area contributed by atoms with Crippen molar-refractivity contribution in [3.8, 4) is 0 Å². The first-order valence-electron chi connectivity index (χ1n) is 1.88. The first kappa shape index (κ1) is 6.81. The topological polar surface area (TPSA) is 66.8 Å². The maximum atomic E-state index is 9.88. The molecule has 0 aromatic rings. The second-order valence-corrected chi connectivity index (χ2v) is 1.06. The Bertz CT molecular complexity index is 115. The first-order valence-corrected chi connectivity index (χ1v) is 1.88. The number of hydrogen-bond acceptors (Lipinski definition) is 4. The molecule has 0 rings (SSSR count). The highest BCUT2D eigenvalue weighted by atomic mass is 16.6. The molecule has 0 spiro atoms. The number of esters is 1. The molecule has 0 fully saturated rings. The second-order valence-electron chi connectivity index (χ2n) is 1.06. The van der Waals surface area contributed by atoms with Gasteiger partial charge in [-0.2, -0.15) is 0 Å². The van der Waals surface area contributed by atoms with Gasteiger partial charge in [0.2, 0.25) is 0 Å². The van der Waals surface area contributed by atoms with Crippen molar-refractivity contribution >= 4 is 5.97 Å². The molecule has 0 radical (unpaired) electrons. The van der Waals surface area contributed by atoms with Gasteiger partial charge in [-0.15, -0.1) is 0 Å². The molecule has 0 bridgehead atoms. The summed E-state index contributed by atoms with van der Waals surface area (Å²) in [5.74, 6) is -1.47. The van der Waals surface area contributed by atoms with Crippen molar-refractivity contribution in [3.63, 3.8) is 0 Å². The Morgan fingerprint density at radius 1 is 1.75 bits per heavy atom. The van der Waals surface area contributed by atoms with Gasteiger partial charge in [0.05, 0.1) is 0 Å². The fourth-order valence-electron chi connectivity index (χ4n) is 0.174. The van der Waals surface area contributed by atoms with E-state index < -0.39 is 11.9 Å². The van der Waals surface area contributed by atoms with Gasteiger partial charge in [-0.1, -0.05) is 0 Å². The van der Waals surface area contributed by atoms with Crippen molar-refractivity contribution in [2.45, 2.75) is 6.92 Å². The number of rotatable bonds is 1. The fraction of sp³-hybridized carbons (Fsp3) is 0.250. The first-order chi connectivity index (χ1) is 3.66. The summed E-state index contributed by atoms with van der Waals surface area (Å²) < 4.78 is 3.93. The van der Waals surface area contributed by atoms with Gasteiger partial charge < -0.3 is 14.9 Å². The third kappa shape index (κ3) is 3.02. The second kappa shape index (κ2) is 2.90. The fourth-order valence-corrected chi connectivity index (χ4v) is 0.174. The average molecular weight is 118 g/mol. The van der Waals surface area contributed by atoms with Crippen molar-refractivity contribution in [2.75, 3.05) is 0 Å². The molecule has 2 N–H and O–H groups in total. The Balaban J connectivity index is 3.56. The zero-order chi connectivity index (χ0) is 6.57. The zero-order valence-corrected chi connectivity index (χ0v) is 4.29. The quantitative estimate of drug-likeness (QED) is 0.388. The summed E-state index contributed by atoms with van der Waals surface area (Å²) in [6.45, 7) is 1.11. The summed E-state index contributed by atoms with van der Waals surface area (Å²) in [6.07, 6.45) is 0.293. The zero-order valence-electron chi connectivity index (χ0n) is 4.29. The maximum absolute atomic E-state index is 9.88. The van der Waals surface area contributed by atoms with Crippen LogP contribution in [0.2, 0.25) is 0 Å². The van der Waals surface area contributed by atoms with Gasteiger partial charge in [0, 0.05) is 6.92 Å². The Morgan fingerprint density at radius 3 is 2.38 bits per heavy atom. The van der Waals surface area contributed by atoms with Crippen LogP contribution < -0.4 is 0 Å². The molecule has 0 aliphatic rings. The highest BCUT2D eigenvalue weighted by molar-refractivity contribution is 5.66. The Hall–Kier alpha value is -1.19. The van der Waals surface area contributed by atoms with E-state index in [-0.39, 0.29) is 0 Å². The van der Waals surface area contributed by atoms with Crippen molar-refractivity contribution < 1.29 is 19.7 Å². The van der Waals surface area contributed by atoms with Crippen molar-refractivity contribution in [1.82, 2.24) is 0 Å². The normalized spacial score (nSPS) is 10.9. The number of aliphatic hydroxyl groups excluding tert-OH is 2. The third-order valence-corrected chi connectivity index (χ3v) is 0.359. The molecule has 8 heavy (non-hydrogen) atoms. The standard InChI is InChI=1S/C4H6O4/c1-3(6)8-4(7)2-5/h2,5,7H,1H3. The van der Waals surface area contributed by atoms with Gasteiger partial charge in [-0.3, -0.25) is 4.79 Å². The van der Waals surface area contributed by atoms with Gasteiger partial charge >= 0.3 is 11.9 Å². The van der Waals surface area contributed by atoms with Crippen molar-refractivity contribution in [2.24, 2.45) is 0 Å².